The van der Waals surface area contributed by atoms with E-state index in [0.29, 0.717) is 21.1 Å². The normalized spacial score (nSPS) is 11.4. The van der Waals surface area contributed by atoms with Gasteiger partial charge in [0.15, 0.2) is 11.8 Å². The second-order valence-electron chi connectivity index (χ2n) is 5.23. The number of allylic oxidation sites excluding steroid dienone is 1. The van der Waals surface area contributed by atoms with Gasteiger partial charge in [0.25, 0.3) is 5.56 Å². The number of carbonyl (C=O) groups excluding carboxylic acids is 1. The van der Waals surface area contributed by atoms with E-state index in [1.165, 1.54) is 4.57 Å². The van der Waals surface area contributed by atoms with Crippen molar-refractivity contribution in [1.82, 2.24) is 14.9 Å². The molecule has 2 rings (SSSR count). The van der Waals surface area contributed by atoms with Crippen molar-refractivity contribution < 1.29 is 22.7 Å². The molecule has 1 N–H and O–H groups in total. The molecule has 0 unspecified atom stereocenters. The molecule has 146 valence electrons. The lowest BCUT2D eigenvalue weighted by atomic mass is 10.2. The summed E-state index contributed by atoms with van der Waals surface area (Å²) in [6.07, 6.45) is -4.21. The number of alkyl halides is 3. The quantitative estimate of drug-likeness (QED) is 0.320. The Hall–Kier alpha value is -2.20. The largest absolute Gasteiger partial charge is 0.440 e. The Morgan fingerprint density at radius 1 is 1.44 bits per heavy atom. The summed E-state index contributed by atoms with van der Waals surface area (Å²) in [5.41, 5.74) is 0.157. The van der Waals surface area contributed by atoms with Crippen molar-refractivity contribution in [2.75, 3.05) is 18.9 Å². The third-order valence-electron chi connectivity index (χ3n) is 3.16. The third kappa shape index (κ3) is 6.17. The molecule has 0 aliphatic carbocycles. The van der Waals surface area contributed by atoms with Crippen LogP contribution in [0.1, 0.15) is 0 Å². The van der Waals surface area contributed by atoms with Crippen LogP contribution < -0.4 is 10.9 Å². The molecular weight excluding hydrogens is 407 g/mol. The monoisotopic (exact) mass is 421 g/mol. The minimum absolute atomic E-state index is 0.0267. The second-order valence-corrected chi connectivity index (χ2v) is 6.73. The van der Waals surface area contributed by atoms with Crippen molar-refractivity contribution in [2.45, 2.75) is 17.9 Å². The van der Waals surface area contributed by atoms with Crippen molar-refractivity contribution in [3.63, 3.8) is 0 Å². The second kappa shape index (κ2) is 9.14. The van der Waals surface area contributed by atoms with Gasteiger partial charge in [-0.05, 0) is 18.2 Å². The highest BCUT2D eigenvalue weighted by Gasteiger charge is 2.29. The summed E-state index contributed by atoms with van der Waals surface area (Å²) >= 11 is 7.09. The molecule has 2 aromatic rings. The maximum Gasteiger partial charge on any atom is 0.422 e. The van der Waals surface area contributed by atoms with Gasteiger partial charge in [0, 0.05) is 23.9 Å². The van der Waals surface area contributed by atoms with Crippen molar-refractivity contribution in [3.8, 4) is 0 Å². The predicted octanol–water partition coefficient (Wildman–Crippen LogP) is 3.62. The molecule has 0 radical (unpaired) electrons. The SMILES string of the molecule is C=CCn1c(SCCNC(=O)OCC(F)(F)F)nc2cc(Cl)ccc2c1=O. The number of hydrogen-bond acceptors (Lipinski definition) is 5. The standard InChI is InChI=1S/C16H15ClF3N3O3S/c1-2-6-23-13(24)11-4-3-10(17)8-12(11)22-14(23)27-7-5-21-15(25)26-9-16(18,19)20/h2-4,8H,1,5-7,9H2,(H,21,25). The summed E-state index contributed by atoms with van der Waals surface area (Å²) in [6, 6.07) is 4.74. The van der Waals surface area contributed by atoms with Gasteiger partial charge in [-0.25, -0.2) is 9.78 Å². The lowest BCUT2D eigenvalue weighted by molar-refractivity contribution is -0.160. The van der Waals surface area contributed by atoms with E-state index in [0.717, 1.165) is 11.8 Å². The summed E-state index contributed by atoms with van der Waals surface area (Å²) in [7, 11) is 0. The summed E-state index contributed by atoms with van der Waals surface area (Å²) in [5.74, 6) is 0.261. The molecule has 1 aromatic heterocycles. The number of carbonyl (C=O) groups is 1. The van der Waals surface area contributed by atoms with E-state index in [9.17, 15) is 22.8 Å². The number of nitrogens with one attached hydrogen (secondary N) is 1. The van der Waals surface area contributed by atoms with Gasteiger partial charge in [-0.3, -0.25) is 9.36 Å². The van der Waals surface area contributed by atoms with Gasteiger partial charge in [-0.1, -0.05) is 29.4 Å². The van der Waals surface area contributed by atoms with Crippen LogP contribution in [0.4, 0.5) is 18.0 Å². The Morgan fingerprint density at radius 3 is 2.85 bits per heavy atom. The number of hydrogen-bond donors (Lipinski definition) is 1. The molecule has 0 saturated heterocycles. The molecule has 0 fully saturated rings. The Labute approximate surface area is 161 Å². The first-order chi connectivity index (χ1) is 12.7. The van der Waals surface area contributed by atoms with Crippen molar-refractivity contribution in [2.24, 2.45) is 0 Å². The molecule has 1 aromatic carbocycles. The van der Waals surface area contributed by atoms with Crippen LogP contribution in [0.15, 0.2) is 40.8 Å². The fraction of sp³-hybridized carbons (Fsp3) is 0.312. The molecule has 0 atom stereocenters. The molecule has 0 saturated carbocycles. The summed E-state index contributed by atoms with van der Waals surface area (Å²) < 4.78 is 41.3. The van der Waals surface area contributed by atoms with E-state index in [-0.39, 0.29) is 24.4 Å². The number of amides is 1. The summed E-state index contributed by atoms with van der Waals surface area (Å²) in [5, 5.41) is 3.41. The van der Waals surface area contributed by atoms with Gasteiger partial charge in [0.05, 0.1) is 10.9 Å². The van der Waals surface area contributed by atoms with Crippen molar-refractivity contribution in [1.29, 1.82) is 0 Å². The maximum atomic E-state index is 12.6. The van der Waals surface area contributed by atoms with Crippen LogP contribution in [-0.4, -0.2) is 40.7 Å². The van der Waals surface area contributed by atoms with Crippen LogP contribution in [0, 0.1) is 0 Å². The van der Waals surface area contributed by atoms with Crippen LogP contribution in [0.5, 0.6) is 0 Å². The molecule has 0 bridgehead atoms. The average Bonchev–Trinajstić information content (AvgIpc) is 2.59. The molecule has 11 heteroatoms. The van der Waals surface area contributed by atoms with Crippen molar-refractivity contribution >= 4 is 40.4 Å². The Balaban J connectivity index is 2.05. The number of ether oxygens (including phenoxy) is 1. The van der Waals surface area contributed by atoms with E-state index in [2.05, 4.69) is 21.6 Å². The molecule has 27 heavy (non-hydrogen) atoms. The van der Waals surface area contributed by atoms with Crippen LogP contribution >= 0.6 is 23.4 Å². The van der Waals surface area contributed by atoms with Gasteiger partial charge >= 0.3 is 12.3 Å². The van der Waals surface area contributed by atoms with Crippen LogP contribution in [-0.2, 0) is 11.3 Å². The summed E-state index contributed by atoms with van der Waals surface area (Å²) in [4.78, 5) is 28.2. The number of rotatable bonds is 7. The zero-order valence-corrected chi connectivity index (χ0v) is 15.5. The molecule has 1 heterocycles. The minimum Gasteiger partial charge on any atom is -0.440 e. The van der Waals surface area contributed by atoms with E-state index >= 15 is 0 Å². The fourth-order valence-corrected chi connectivity index (χ4v) is 3.10. The van der Waals surface area contributed by atoms with E-state index in [1.54, 1.807) is 24.3 Å². The molecule has 6 nitrogen and oxygen atoms in total. The fourth-order valence-electron chi connectivity index (χ4n) is 2.07. The summed E-state index contributed by atoms with van der Waals surface area (Å²) in [6.45, 7) is 2.21. The number of nitrogens with zero attached hydrogens (tertiary/aromatic N) is 2. The zero-order valence-electron chi connectivity index (χ0n) is 13.9. The highest BCUT2D eigenvalue weighted by atomic mass is 35.5. The number of alkyl carbamates (subject to hydrolysis) is 1. The minimum atomic E-state index is -4.58. The molecule has 1 amide bonds. The zero-order chi connectivity index (χ0) is 20.0. The lowest BCUT2D eigenvalue weighted by Crippen LogP contribution is -2.30. The first-order valence-corrected chi connectivity index (χ1v) is 8.99. The van der Waals surface area contributed by atoms with Crippen LogP contribution in [0.25, 0.3) is 10.9 Å². The topological polar surface area (TPSA) is 73.2 Å². The highest BCUT2D eigenvalue weighted by Crippen LogP contribution is 2.20. The number of halogens is 4. The third-order valence-corrected chi connectivity index (χ3v) is 4.38. The van der Waals surface area contributed by atoms with Crippen LogP contribution in [0.3, 0.4) is 0 Å². The van der Waals surface area contributed by atoms with E-state index in [4.69, 9.17) is 11.6 Å². The number of fused-ring (bicyclic) bond motifs is 1. The van der Waals surface area contributed by atoms with Gasteiger partial charge in [-0.2, -0.15) is 13.2 Å². The molecular formula is C16H15ClF3N3O3S. The Kier molecular flexibility index (Phi) is 7.14. The van der Waals surface area contributed by atoms with E-state index < -0.39 is 18.9 Å². The van der Waals surface area contributed by atoms with Crippen molar-refractivity contribution in [3.05, 3.63) is 46.2 Å². The van der Waals surface area contributed by atoms with Gasteiger partial charge in [0.2, 0.25) is 0 Å². The van der Waals surface area contributed by atoms with E-state index in [1.807, 2.05) is 0 Å². The first-order valence-electron chi connectivity index (χ1n) is 7.62. The highest BCUT2D eigenvalue weighted by molar-refractivity contribution is 7.99. The average molecular weight is 422 g/mol. The molecule has 0 aliphatic rings. The number of aromatic nitrogens is 2. The Morgan fingerprint density at radius 2 is 2.19 bits per heavy atom. The smallest absolute Gasteiger partial charge is 0.422 e. The van der Waals surface area contributed by atoms with Gasteiger partial charge in [-0.15, -0.1) is 6.58 Å². The Bertz CT molecular complexity index is 902. The molecule has 0 spiro atoms. The van der Waals surface area contributed by atoms with Crippen LogP contribution in [0.2, 0.25) is 5.02 Å². The lowest BCUT2D eigenvalue weighted by Gasteiger charge is -2.12. The molecule has 0 aliphatic heterocycles. The first kappa shape index (κ1) is 21.1. The number of thioether (sulfide) groups is 1. The van der Waals surface area contributed by atoms with Gasteiger partial charge in [0.1, 0.15) is 0 Å². The van der Waals surface area contributed by atoms with Gasteiger partial charge < -0.3 is 10.1 Å². The number of benzene rings is 1. The predicted molar refractivity (Wildman–Crippen MR) is 97.3 cm³/mol. The maximum absolute atomic E-state index is 12.6.